The molecule has 1 aromatic heterocycles. The van der Waals surface area contributed by atoms with E-state index in [2.05, 4.69) is 10.3 Å². The number of amides is 1. The molecule has 0 saturated heterocycles. The van der Waals surface area contributed by atoms with E-state index in [9.17, 15) is 9.59 Å². The zero-order chi connectivity index (χ0) is 17.1. The number of nitrogens with one attached hydrogen (secondary N) is 1. The molecule has 0 spiro atoms. The van der Waals surface area contributed by atoms with E-state index in [-0.39, 0.29) is 23.9 Å². The van der Waals surface area contributed by atoms with Crippen LogP contribution in [-0.2, 0) is 11.3 Å². The van der Waals surface area contributed by atoms with Gasteiger partial charge in [-0.3, -0.25) is 14.2 Å². The highest BCUT2D eigenvalue weighted by Gasteiger charge is 2.27. The lowest BCUT2D eigenvalue weighted by Crippen LogP contribution is -2.31. The van der Waals surface area contributed by atoms with Gasteiger partial charge in [0.15, 0.2) is 5.16 Å². The first-order chi connectivity index (χ1) is 11.6. The molecule has 1 aliphatic heterocycles. The van der Waals surface area contributed by atoms with E-state index in [1.165, 1.54) is 11.8 Å². The molecule has 0 unspecified atom stereocenters. The van der Waals surface area contributed by atoms with E-state index in [1.54, 1.807) is 24.8 Å². The highest BCUT2D eigenvalue weighted by Crippen LogP contribution is 2.31. The van der Waals surface area contributed by atoms with Gasteiger partial charge in [0.2, 0.25) is 5.91 Å². The number of aromatic nitrogens is 2. The quantitative estimate of drug-likeness (QED) is 0.838. The van der Waals surface area contributed by atoms with Crippen molar-refractivity contribution >= 4 is 17.7 Å². The number of rotatable bonds is 5. The van der Waals surface area contributed by atoms with Crippen molar-refractivity contribution in [1.29, 1.82) is 0 Å². The summed E-state index contributed by atoms with van der Waals surface area (Å²) < 4.78 is 6.92. The van der Waals surface area contributed by atoms with Crippen LogP contribution in [0.5, 0.6) is 5.75 Å². The van der Waals surface area contributed by atoms with Gasteiger partial charge in [-0.2, -0.15) is 0 Å². The Morgan fingerprint density at radius 3 is 3.04 bits per heavy atom. The molecule has 2 aromatic rings. The largest absolute Gasteiger partial charge is 0.496 e. The number of ether oxygens (including phenoxy) is 1. The van der Waals surface area contributed by atoms with E-state index in [4.69, 9.17) is 4.74 Å². The SMILES string of the molecule is COc1ccccc1CNC(=O)C[C@@H]1CSc2ncc(C)c(=O)n21. The van der Waals surface area contributed by atoms with Crippen LogP contribution in [0.3, 0.4) is 0 Å². The second-order valence-corrected chi connectivity index (χ2v) is 6.64. The summed E-state index contributed by atoms with van der Waals surface area (Å²) in [5.74, 6) is 1.34. The number of benzene rings is 1. The van der Waals surface area contributed by atoms with Gasteiger partial charge in [0, 0.05) is 36.0 Å². The molecule has 0 aliphatic carbocycles. The van der Waals surface area contributed by atoms with Crippen molar-refractivity contribution in [3.8, 4) is 5.75 Å². The van der Waals surface area contributed by atoms with Crippen LogP contribution in [0.25, 0.3) is 0 Å². The minimum atomic E-state index is -0.150. The molecule has 24 heavy (non-hydrogen) atoms. The molecule has 0 radical (unpaired) electrons. The maximum Gasteiger partial charge on any atom is 0.257 e. The summed E-state index contributed by atoms with van der Waals surface area (Å²) in [6.07, 6.45) is 1.85. The number of fused-ring (bicyclic) bond motifs is 1. The average Bonchev–Trinajstić information content (AvgIpc) is 3.00. The second-order valence-electron chi connectivity index (χ2n) is 5.66. The van der Waals surface area contributed by atoms with Crippen LogP contribution in [-0.4, -0.2) is 28.3 Å². The Balaban J connectivity index is 1.65. The van der Waals surface area contributed by atoms with Gasteiger partial charge in [0.25, 0.3) is 5.56 Å². The number of carbonyl (C=O) groups excluding carboxylic acids is 1. The van der Waals surface area contributed by atoms with Gasteiger partial charge in [0.05, 0.1) is 13.2 Å². The fourth-order valence-electron chi connectivity index (χ4n) is 2.70. The normalized spacial score (nSPS) is 15.8. The summed E-state index contributed by atoms with van der Waals surface area (Å²) in [5, 5.41) is 3.59. The molecule has 0 saturated carbocycles. The van der Waals surface area contributed by atoms with Crippen LogP contribution in [0.4, 0.5) is 0 Å². The predicted octanol–water partition coefficient (Wildman–Crippen LogP) is 1.91. The Kier molecular flexibility index (Phi) is 4.89. The summed E-state index contributed by atoms with van der Waals surface area (Å²) in [5.41, 5.74) is 1.46. The van der Waals surface area contributed by atoms with Gasteiger partial charge in [-0.25, -0.2) is 4.98 Å². The highest BCUT2D eigenvalue weighted by molar-refractivity contribution is 7.99. The smallest absolute Gasteiger partial charge is 0.257 e. The summed E-state index contributed by atoms with van der Waals surface area (Å²) in [7, 11) is 1.61. The number of carbonyl (C=O) groups is 1. The molecule has 0 fully saturated rings. The molecule has 1 aromatic carbocycles. The highest BCUT2D eigenvalue weighted by atomic mass is 32.2. The molecule has 0 bridgehead atoms. The molecular formula is C17H19N3O3S. The van der Waals surface area contributed by atoms with E-state index in [1.807, 2.05) is 24.3 Å². The lowest BCUT2D eigenvalue weighted by Gasteiger charge is -2.14. The van der Waals surface area contributed by atoms with Crippen molar-refractivity contribution in [1.82, 2.24) is 14.9 Å². The van der Waals surface area contributed by atoms with Crippen LogP contribution >= 0.6 is 11.8 Å². The van der Waals surface area contributed by atoms with Crippen LogP contribution in [0.1, 0.15) is 23.6 Å². The molecule has 7 heteroatoms. The average molecular weight is 345 g/mol. The predicted molar refractivity (Wildman–Crippen MR) is 92.5 cm³/mol. The van der Waals surface area contributed by atoms with Crippen LogP contribution < -0.4 is 15.6 Å². The molecule has 1 atom stereocenters. The third kappa shape index (κ3) is 3.31. The Morgan fingerprint density at radius 2 is 2.25 bits per heavy atom. The van der Waals surface area contributed by atoms with E-state index in [0.717, 1.165) is 11.3 Å². The maximum absolute atomic E-state index is 12.3. The number of nitrogens with zero attached hydrogens (tertiary/aromatic N) is 2. The number of thioether (sulfide) groups is 1. The topological polar surface area (TPSA) is 73.2 Å². The maximum atomic E-state index is 12.3. The molecule has 1 aliphatic rings. The van der Waals surface area contributed by atoms with Gasteiger partial charge < -0.3 is 10.1 Å². The lowest BCUT2D eigenvalue weighted by molar-refractivity contribution is -0.121. The second kappa shape index (κ2) is 7.09. The first kappa shape index (κ1) is 16.6. The standard InChI is InChI=1S/C17H19N3O3S/c1-11-8-19-17-20(16(11)22)13(10-24-17)7-15(21)18-9-12-5-3-4-6-14(12)23-2/h3-6,8,13H,7,9-10H2,1-2H3,(H,18,21)/t13-/m1/s1. The lowest BCUT2D eigenvalue weighted by atomic mass is 10.2. The summed E-state index contributed by atoms with van der Waals surface area (Å²) in [4.78, 5) is 28.8. The van der Waals surface area contributed by atoms with Gasteiger partial charge in [0.1, 0.15) is 5.75 Å². The van der Waals surface area contributed by atoms with Gasteiger partial charge in [-0.15, -0.1) is 0 Å². The van der Waals surface area contributed by atoms with E-state index in [0.29, 0.717) is 23.0 Å². The van der Waals surface area contributed by atoms with E-state index >= 15 is 0 Å². The number of hydrogen-bond acceptors (Lipinski definition) is 5. The Labute approximate surface area is 144 Å². The third-order valence-corrected chi connectivity index (χ3v) is 5.10. The molecule has 2 heterocycles. The van der Waals surface area contributed by atoms with Crippen molar-refractivity contribution in [3.05, 3.63) is 51.9 Å². The number of para-hydroxylation sites is 1. The number of aryl methyl sites for hydroxylation is 1. The molecule has 1 N–H and O–H groups in total. The monoisotopic (exact) mass is 345 g/mol. The summed E-state index contributed by atoms with van der Waals surface area (Å²) >= 11 is 1.51. The zero-order valence-corrected chi connectivity index (χ0v) is 14.4. The summed E-state index contributed by atoms with van der Waals surface area (Å²) in [6, 6.07) is 7.42. The minimum absolute atomic E-state index is 0.0625. The number of methoxy groups -OCH3 is 1. The Bertz CT molecular complexity index is 819. The molecule has 6 nitrogen and oxygen atoms in total. The fourth-order valence-corrected chi connectivity index (χ4v) is 3.81. The zero-order valence-electron chi connectivity index (χ0n) is 13.6. The summed E-state index contributed by atoms with van der Waals surface area (Å²) in [6.45, 7) is 2.14. The number of hydrogen-bond donors (Lipinski definition) is 1. The van der Waals surface area contributed by atoms with Crippen molar-refractivity contribution < 1.29 is 9.53 Å². The van der Waals surface area contributed by atoms with Crippen molar-refractivity contribution in [2.75, 3.05) is 12.9 Å². The molecule has 126 valence electrons. The molecular weight excluding hydrogens is 326 g/mol. The van der Waals surface area contributed by atoms with Gasteiger partial charge in [-0.1, -0.05) is 30.0 Å². The fraction of sp³-hybridized carbons (Fsp3) is 0.353. The van der Waals surface area contributed by atoms with Crippen LogP contribution in [0.2, 0.25) is 0 Å². The van der Waals surface area contributed by atoms with Crippen molar-refractivity contribution in [2.45, 2.75) is 31.1 Å². The third-order valence-electron chi connectivity index (χ3n) is 3.99. The van der Waals surface area contributed by atoms with Crippen LogP contribution in [0, 0.1) is 6.92 Å². The minimum Gasteiger partial charge on any atom is -0.496 e. The van der Waals surface area contributed by atoms with Crippen molar-refractivity contribution in [3.63, 3.8) is 0 Å². The molecule has 3 rings (SSSR count). The van der Waals surface area contributed by atoms with Crippen LogP contribution in [0.15, 0.2) is 40.4 Å². The van der Waals surface area contributed by atoms with Crippen molar-refractivity contribution in [2.24, 2.45) is 0 Å². The van der Waals surface area contributed by atoms with Gasteiger partial charge >= 0.3 is 0 Å². The molecule has 1 amide bonds. The Hall–Kier alpha value is -2.28. The van der Waals surface area contributed by atoms with E-state index < -0.39 is 0 Å². The van der Waals surface area contributed by atoms with Gasteiger partial charge in [-0.05, 0) is 13.0 Å². The first-order valence-electron chi connectivity index (χ1n) is 7.69. The first-order valence-corrected chi connectivity index (χ1v) is 8.68. The Morgan fingerprint density at radius 1 is 1.46 bits per heavy atom.